The fourth-order valence-electron chi connectivity index (χ4n) is 0.227. The van der Waals surface area contributed by atoms with Crippen molar-refractivity contribution in [3.63, 3.8) is 0 Å². The van der Waals surface area contributed by atoms with E-state index in [9.17, 15) is 0 Å². The zero-order chi connectivity index (χ0) is 6.24. The summed E-state index contributed by atoms with van der Waals surface area (Å²) in [6.07, 6.45) is 0. The molecule has 3 nitrogen and oxygen atoms in total. The standard InChI is InChI=1S/C4H4S.N3/c1-2-4-5-3-1;1-3-2/h1-4H;/q;-1. The van der Waals surface area contributed by atoms with Crippen LogP contribution in [0.1, 0.15) is 0 Å². The Morgan fingerprint density at radius 2 is 1.50 bits per heavy atom. The van der Waals surface area contributed by atoms with Crippen molar-refractivity contribution in [2.45, 2.75) is 0 Å². The van der Waals surface area contributed by atoms with E-state index < -0.39 is 0 Å². The molecule has 8 heavy (non-hydrogen) atoms. The Hall–Kier alpha value is -0.990. The van der Waals surface area contributed by atoms with Crippen LogP contribution in [-0.2, 0) is 0 Å². The van der Waals surface area contributed by atoms with Crippen molar-refractivity contribution >= 4 is 11.3 Å². The molecule has 0 aromatic carbocycles. The first kappa shape index (κ1) is 7.01. The largest absolute Gasteiger partial charge is 0.373 e. The highest BCUT2D eigenvalue weighted by atomic mass is 32.1. The third kappa shape index (κ3) is 5.01. The highest BCUT2D eigenvalue weighted by Gasteiger charge is 1.58. The Kier molecular flexibility index (Phi) is 5.27. The maximum Gasteiger partial charge on any atom is -0.00934 e. The van der Waals surface area contributed by atoms with E-state index in [2.05, 4.69) is 0 Å². The minimum atomic E-state index is 1.50. The predicted octanol–water partition coefficient (Wildman–Crippen LogP) is 2.61. The molecule has 1 rings (SSSR count). The van der Waals surface area contributed by atoms with Crippen molar-refractivity contribution in [3.05, 3.63) is 38.9 Å². The van der Waals surface area contributed by atoms with Gasteiger partial charge in [0.25, 0.3) is 0 Å². The quantitative estimate of drug-likeness (QED) is 0.291. The fraction of sp³-hybridized carbons (Fsp3) is 0. The summed E-state index contributed by atoms with van der Waals surface area (Å²) >= 11 is 1.71. The van der Waals surface area contributed by atoms with Gasteiger partial charge in [0.05, 0.1) is 0 Å². The van der Waals surface area contributed by atoms with Crippen molar-refractivity contribution in [1.82, 2.24) is 0 Å². The monoisotopic (exact) mass is 126 g/mol. The smallest absolute Gasteiger partial charge is 0.00934 e. The Bertz CT molecular complexity index is 123. The lowest BCUT2D eigenvalue weighted by atomic mass is 10.7. The van der Waals surface area contributed by atoms with Gasteiger partial charge in [-0.25, -0.2) is 0 Å². The minimum absolute atomic E-state index is 1.50. The minimum Gasteiger partial charge on any atom is -0.373 e. The highest BCUT2D eigenvalue weighted by molar-refractivity contribution is 7.07. The van der Waals surface area contributed by atoms with Gasteiger partial charge in [-0.2, -0.15) is 11.3 Å². The Morgan fingerprint density at radius 1 is 1.12 bits per heavy atom. The van der Waals surface area contributed by atoms with E-state index in [-0.39, 0.29) is 0 Å². The van der Waals surface area contributed by atoms with E-state index in [0.29, 0.717) is 0 Å². The number of rotatable bonds is 0. The lowest BCUT2D eigenvalue weighted by Gasteiger charge is -1.39. The van der Waals surface area contributed by atoms with E-state index in [1.807, 2.05) is 22.9 Å². The van der Waals surface area contributed by atoms with E-state index in [0.717, 1.165) is 0 Å². The summed E-state index contributed by atoms with van der Waals surface area (Å²) in [5.74, 6) is 0. The fourth-order valence-corrected chi connectivity index (χ4v) is 0.680. The van der Waals surface area contributed by atoms with Gasteiger partial charge in [0.15, 0.2) is 0 Å². The van der Waals surface area contributed by atoms with E-state index in [4.69, 9.17) is 11.1 Å². The SMILES string of the molecule is [N-]=[N+]=[N-].c1ccsc1. The molecule has 0 saturated heterocycles. The molecule has 0 unspecified atom stereocenters. The van der Waals surface area contributed by atoms with Gasteiger partial charge in [0, 0.05) is 0 Å². The average molecular weight is 126 g/mol. The number of thiophene rings is 1. The van der Waals surface area contributed by atoms with Crippen LogP contribution in [0, 0.1) is 0 Å². The lowest BCUT2D eigenvalue weighted by molar-refractivity contribution is 2.03. The summed E-state index contributed by atoms with van der Waals surface area (Å²) in [6, 6.07) is 4.04. The van der Waals surface area contributed by atoms with Gasteiger partial charge in [0.1, 0.15) is 0 Å². The summed E-state index contributed by atoms with van der Waals surface area (Å²) in [7, 11) is 0. The molecule has 0 spiro atoms. The maximum atomic E-state index is 6.75. The Labute approximate surface area is 51.0 Å². The van der Waals surface area contributed by atoms with Crippen LogP contribution < -0.4 is 0 Å². The molecule has 0 N–H and O–H groups in total. The first-order valence-corrected chi connectivity index (χ1v) is 2.81. The predicted molar refractivity (Wildman–Crippen MR) is 34.4 cm³/mol. The van der Waals surface area contributed by atoms with Gasteiger partial charge in [0.2, 0.25) is 0 Å². The second-order valence-corrected chi connectivity index (χ2v) is 1.70. The van der Waals surface area contributed by atoms with Crippen molar-refractivity contribution in [2.75, 3.05) is 0 Å². The Balaban J connectivity index is 0.000000145. The first-order valence-electron chi connectivity index (χ1n) is 1.87. The van der Waals surface area contributed by atoms with Crippen molar-refractivity contribution in [3.8, 4) is 0 Å². The summed E-state index contributed by atoms with van der Waals surface area (Å²) in [6.45, 7) is 0. The Morgan fingerprint density at radius 3 is 1.62 bits per heavy atom. The van der Waals surface area contributed by atoms with E-state index in [1.165, 1.54) is 4.91 Å². The second kappa shape index (κ2) is 6.01. The number of hydrogen-bond donors (Lipinski definition) is 0. The summed E-state index contributed by atoms with van der Waals surface area (Å²) in [5.41, 5.74) is 13.5. The molecule has 1 aromatic rings. The molecule has 0 atom stereocenters. The van der Waals surface area contributed by atoms with Gasteiger partial charge in [-0.05, 0) is 10.8 Å². The van der Waals surface area contributed by atoms with Crippen LogP contribution in [0.25, 0.3) is 16.0 Å². The third-order valence-corrected chi connectivity index (χ3v) is 1.05. The van der Waals surface area contributed by atoms with Gasteiger partial charge in [-0.3, -0.25) is 4.91 Å². The molecule has 1 aromatic heterocycles. The molecule has 0 fully saturated rings. The molecular formula is C4H4N3S-. The van der Waals surface area contributed by atoms with Crippen molar-refractivity contribution in [1.29, 1.82) is 0 Å². The van der Waals surface area contributed by atoms with E-state index >= 15 is 0 Å². The molecular weight excluding hydrogens is 122 g/mol. The summed E-state index contributed by atoms with van der Waals surface area (Å²) < 4.78 is 0. The maximum absolute atomic E-state index is 6.75. The highest BCUT2D eigenvalue weighted by Crippen LogP contribution is 1.91. The zero-order valence-corrected chi connectivity index (χ0v) is 4.88. The average Bonchev–Trinajstić information content (AvgIpc) is 2.17. The summed E-state index contributed by atoms with van der Waals surface area (Å²) in [5, 5.41) is 4.08. The van der Waals surface area contributed by atoms with Crippen molar-refractivity contribution < 1.29 is 0 Å². The summed E-state index contributed by atoms with van der Waals surface area (Å²) in [4.78, 5) is 1.50. The molecule has 0 amide bonds. The van der Waals surface area contributed by atoms with Gasteiger partial charge < -0.3 is 11.1 Å². The molecule has 0 aliphatic heterocycles. The number of nitrogens with zero attached hydrogens (tertiary/aromatic N) is 3. The van der Waals surface area contributed by atoms with Crippen LogP contribution in [0.2, 0.25) is 0 Å². The molecule has 0 aliphatic rings. The molecule has 4 heteroatoms. The lowest BCUT2D eigenvalue weighted by Crippen LogP contribution is -1.16. The van der Waals surface area contributed by atoms with Crippen LogP contribution in [0.15, 0.2) is 22.9 Å². The van der Waals surface area contributed by atoms with Gasteiger partial charge in [-0.1, -0.05) is 12.1 Å². The molecule has 0 radical (unpaired) electrons. The number of hydrogen-bond acceptors (Lipinski definition) is 1. The van der Waals surface area contributed by atoms with Gasteiger partial charge in [-0.15, -0.1) is 0 Å². The normalized spacial score (nSPS) is 6.00. The van der Waals surface area contributed by atoms with Crippen LogP contribution in [0.3, 0.4) is 0 Å². The molecule has 0 bridgehead atoms. The van der Waals surface area contributed by atoms with Crippen LogP contribution in [0.5, 0.6) is 0 Å². The zero-order valence-electron chi connectivity index (χ0n) is 4.06. The third-order valence-electron chi connectivity index (χ3n) is 0.425. The molecule has 42 valence electrons. The van der Waals surface area contributed by atoms with Gasteiger partial charge >= 0.3 is 0 Å². The first-order chi connectivity index (χ1) is 3.91. The molecule has 0 saturated carbocycles. The van der Waals surface area contributed by atoms with Crippen LogP contribution in [0.4, 0.5) is 0 Å². The second-order valence-electron chi connectivity index (χ2n) is 0.883. The van der Waals surface area contributed by atoms with E-state index in [1.54, 1.807) is 11.3 Å². The molecule has 0 aliphatic carbocycles. The van der Waals surface area contributed by atoms with Crippen molar-refractivity contribution in [2.24, 2.45) is 0 Å². The van der Waals surface area contributed by atoms with Crippen LogP contribution in [-0.4, -0.2) is 0 Å². The van der Waals surface area contributed by atoms with Crippen LogP contribution >= 0.6 is 11.3 Å². The topological polar surface area (TPSA) is 58.7 Å². The molecule has 1 heterocycles.